The smallest absolute Gasteiger partial charge is 0.188 e. The molecule has 5 aromatic rings. The molecule has 5 heteroatoms. The van der Waals surface area contributed by atoms with Crippen LogP contribution in [-0.2, 0) is 0 Å². The van der Waals surface area contributed by atoms with Crippen molar-refractivity contribution in [2.45, 2.75) is 0 Å². The number of allylic oxidation sites excluding steroid dienone is 1. The lowest BCUT2D eigenvalue weighted by Gasteiger charge is -1.98. The summed E-state index contributed by atoms with van der Waals surface area (Å²) in [6, 6.07) is 25.2. The van der Waals surface area contributed by atoms with E-state index in [4.69, 9.17) is 9.52 Å². The first-order valence-electron chi connectivity index (χ1n) is 9.80. The van der Waals surface area contributed by atoms with Gasteiger partial charge >= 0.3 is 0 Å². The number of nitrogens with zero attached hydrogens (tertiary/aromatic N) is 2. The normalized spacial score (nSPS) is 11.4. The summed E-state index contributed by atoms with van der Waals surface area (Å²) >= 11 is 0. The molecule has 0 radical (unpaired) electrons. The first-order valence-corrected chi connectivity index (χ1v) is 9.80. The minimum Gasteiger partial charge on any atom is -0.454 e. The molecule has 0 saturated carbocycles. The summed E-state index contributed by atoms with van der Waals surface area (Å²) in [5, 5.41) is 5.66. The van der Waals surface area contributed by atoms with Gasteiger partial charge in [-0.3, -0.25) is 4.79 Å². The summed E-state index contributed by atoms with van der Waals surface area (Å²) in [5.74, 6) is -0.371. The molecule has 0 aliphatic carbocycles. The molecule has 0 N–H and O–H groups in total. The van der Waals surface area contributed by atoms with Gasteiger partial charge in [-0.1, -0.05) is 48.5 Å². The fourth-order valence-corrected chi connectivity index (χ4v) is 3.43. The summed E-state index contributed by atoms with van der Waals surface area (Å²) in [6.07, 6.45) is 4.82. The van der Waals surface area contributed by atoms with Crippen molar-refractivity contribution < 1.29 is 13.6 Å². The van der Waals surface area contributed by atoms with Gasteiger partial charge in [-0.2, -0.15) is 5.10 Å². The van der Waals surface area contributed by atoms with Crippen LogP contribution in [0.15, 0.2) is 102 Å². The Morgan fingerprint density at radius 2 is 1.68 bits per heavy atom. The van der Waals surface area contributed by atoms with E-state index in [1.807, 2.05) is 66.9 Å². The van der Waals surface area contributed by atoms with E-state index in [-0.39, 0.29) is 5.56 Å². The van der Waals surface area contributed by atoms with Crippen LogP contribution in [-0.4, -0.2) is 15.6 Å². The van der Waals surface area contributed by atoms with E-state index in [0.717, 1.165) is 16.7 Å². The third-order valence-electron chi connectivity index (χ3n) is 4.98. The summed E-state index contributed by atoms with van der Waals surface area (Å²) in [7, 11) is 0. The lowest BCUT2D eigenvalue weighted by Crippen LogP contribution is -1.97. The van der Waals surface area contributed by atoms with Crippen molar-refractivity contribution in [1.29, 1.82) is 0 Å². The highest BCUT2D eigenvalue weighted by Gasteiger charge is 2.16. The van der Waals surface area contributed by atoms with Crippen molar-refractivity contribution in [3.05, 3.63) is 114 Å². The number of benzene rings is 3. The van der Waals surface area contributed by atoms with Gasteiger partial charge < -0.3 is 4.42 Å². The molecule has 2 aromatic heterocycles. The Kier molecular flexibility index (Phi) is 4.77. The molecule has 0 aliphatic rings. The van der Waals surface area contributed by atoms with E-state index >= 15 is 0 Å². The van der Waals surface area contributed by atoms with Crippen molar-refractivity contribution in [2.24, 2.45) is 0 Å². The van der Waals surface area contributed by atoms with Gasteiger partial charge in [0.15, 0.2) is 11.5 Å². The third kappa shape index (κ3) is 3.69. The number of hydrogen-bond acceptors (Lipinski definition) is 3. The van der Waals surface area contributed by atoms with Gasteiger partial charge in [0.2, 0.25) is 0 Å². The Morgan fingerprint density at radius 3 is 2.48 bits per heavy atom. The van der Waals surface area contributed by atoms with E-state index in [9.17, 15) is 9.18 Å². The lowest BCUT2D eigenvalue weighted by molar-refractivity contribution is 0.104. The van der Waals surface area contributed by atoms with Gasteiger partial charge in [0.1, 0.15) is 17.1 Å². The molecule has 5 rings (SSSR count). The topological polar surface area (TPSA) is 48.0 Å². The number of carbonyl (C=O) groups excluding carboxylic acids is 1. The largest absolute Gasteiger partial charge is 0.454 e. The van der Waals surface area contributed by atoms with Crippen molar-refractivity contribution in [2.75, 3.05) is 0 Å². The average molecular weight is 408 g/mol. The summed E-state index contributed by atoms with van der Waals surface area (Å²) < 4.78 is 21.7. The zero-order chi connectivity index (χ0) is 21.2. The molecule has 0 spiro atoms. The zero-order valence-corrected chi connectivity index (χ0v) is 16.4. The summed E-state index contributed by atoms with van der Waals surface area (Å²) in [6.45, 7) is 0. The second kappa shape index (κ2) is 7.88. The second-order valence-corrected chi connectivity index (χ2v) is 7.04. The van der Waals surface area contributed by atoms with Crippen LogP contribution in [0.2, 0.25) is 0 Å². The van der Waals surface area contributed by atoms with Gasteiger partial charge in [-0.05, 0) is 48.6 Å². The third-order valence-corrected chi connectivity index (χ3v) is 4.98. The minimum absolute atomic E-state index is 0.0273. The molecule has 0 unspecified atom stereocenters. The number of para-hydroxylation sites is 2. The highest BCUT2D eigenvalue weighted by Crippen LogP contribution is 2.30. The molecule has 2 heterocycles. The molecular weight excluding hydrogens is 391 g/mol. The number of rotatable bonds is 5. The maximum absolute atomic E-state index is 14.0. The van der Waals surface area contributed by atoms with Gasteiger partial charge in [0, 0.05) is 17.1 Å². The number of hydrogen-bond donors (Lipinski definition) is 0. The standard InChI is InChI=1S/C26H17FN2O2/c27-22-12-6-5-11-21(22)23(30)15-14-19-17-29(20-9-2-1-3-10-20)28-26(19)25-16-18-8-4-7-13-24(18)31-25/h1-17H/b15-14+. The Bertz CT molecular complexity index is 1380. The molecule has 0 bridgehead atoms. The molecule has 0 aliphatic heterocycles. The Morgan fingerprint density at radius 1 is 0.935 bits per heavy atom. The summed E-state index contributed by atoms with van der Waals surface area (Å²) in [5.41, 5.74) is 2.94. The van der Waals surface area contributed by atoms with Gasteiger partial charge in [0.25, 0.3) is 0 Å². The van der Waals surface area contributed by atoms with Crippen molar-refractivity contribution in [1.82, 2.24) is 9.78 Å². The number of furan rings is 1. The fourth-order valence-electron chi connectivity index (χ4n) is 3.43. The Balaban J connectivity index is 1.59. The molecule has 0 atom stereocenters. The Hall–Kier alpha value is -4.25. The van der Waals surface area contributed by atoms with Gasteiger partial charge in [-0.15, -0.1) is 0 Å². The van der Waals surface area contributed by atoms with Crippen LogP contribution < -0.4 is 0 Å². The zero-order valence-electron chi connectivity index (χ0n) is 16.4. The van der Waals surface area contributed by atoms with Crippen molar-refractivity contribution >= 4 is 22.8 Å². The molecule has 150 valence electrons. The van der Waals surface area contributed by atoms with E-state index in [1.165, 1.54) is 18.2 Å². The predicted octanol–water partition coefficient (Wildman–Crippen LogP) is 6.32. The van der Waals surface area contributed by atoms with Crippen LogP contribution in [0.3, 0.4) is 0 Å². The lowest BCUT2D eigenvalue weighted by atomic mass is 10.1. The molecular formula is C26H17FN2O2. The van der Waals surface area contributed by atoms with Crippen LogP contribution in [0.4, 0.5) is 4.39 Å². The molecule has 0 saturated heterocycles. The van der Waals surface area contributed by atoms with E-state index in [2.05, 4.69) is 0 Å². The number of ketones is 1. The number of aromatic nitrogens is 2. The van der Waals surface area contributed by atoms with Crippen LogP contribution in [0, 0.1) is 5.82 Å². The molecule has 3 aromatic carbocycles. The second-order valence-electron chi connectivity index (χ2n) is 7.04. The van der Waals surface area contributed by atoms with Crippen LogP contribution in [0.5, 0.6) is 0 Å². The monoisotopic (exact) mass is 408 g/mol. The quantitative estimate of drug-likeness (QED) is 0.252. The molecule has 0 fully saturated rings. The van der Waals surface area contributed by atoms with E-state index in [1.54, 1.807) is 22.9 Å². The first kappa shape index (κ1) is 18.8. The van der Waals surface area contributed by atoms with Crippen molar-refractivity contribution in [3.8, 4) is 17.1 Å². The van der Waals surface area contributed by atoms with E-state index in [0.29, 0.717) is 17.0 Å². The van der Waals surface area contributed by atoms with Crippen molar-refractivity contribution in [3.63, 3.8) is 0 Å². The highest BCUT2D eigenvalue weighted by atomic mass is 19.1. The van der Waals surface area contributed by atoms with Gasteiger partial charge in [-0.25, -0.2) is 9.07 Å². The van der Waals surface area contributed by atoms with Crippen LogP contribution in [0.1, 0.15) is 15.9 Å². The van der Waals surface area contributed by atoms with Gasteiger partial charge in [0.05, 0.1) is 11.3 Å². The predicted molar refractivity (Wildman–Crippen MR) is 119 cm³/mol. The molecule has 4 nitrogen and oxygen atoms in total. The maximum atomic E-state index is 14.0. The molecule has 0 amide bonds. The average Bonchev–Trinajstić information content (AvgIpc) is 3.42. The van der Waals surface area contributed by atoms with Crippen LogP contribution >= 0.6 is 0 Å². The van der Waals surface area contributed by atoms with Crippen LogP contribution in [0.25, 0.3) is 34.2 Å². The fraction of sp³-hybridized carbons (Fsp3) is 0. The van der Waals surface area contributed by atoms with E-state index < -0.39 is 11.6 Å². The highest BCUT2D eigenvalue weighted by molar-refractivity contribution is 6.07. The number of carbonyl (C=O) groups is 1. The minimum atomic E-state index is -0.547. The Labute approximate surface area is 177 Å². The maximum Gasteiger partial charge on any atom is 0.188 e. The summed E-state index contributed by atoms with van der Waals surface area (Å²) in [4.78, 5) is 12.5. The first-order chi connectivity index (χ1) is 15.2. The molecule has 31 heavy (non-hydrogen) atoms. The SMILES string of the molecule is O=C(/C=C/c1cn(-c2ccccc2)nc1-c1cc2ccccc2o1)c1ccccc1F. The number of fused-ring (bicyclic) bond motifs is 1. The number of halogens is 1.